The zero-order chi connectivity index (χ0) is 17.9. The molecular weight excluding hydrogens is 310 g/mol. The highest BCUT2D eigenvalue weighted by Crippen LogP contribution is 2.10. The number of nitrogens with one attached hydrogen (secondary N) is 1. The molecule has 0 aliphatic rings. The molecule has 0 aliphatic carbocycles. The van der Waals surface area contributed by atoms with E-state index in [1.807, 2.05) is 31.2 Å². The van der Waals surface area contributed by atoms with Gasteiger partial charge in [0.1, 0.15) is 6.61 Å². The molecule has 0 saturated heterocycles. The lowest BCUT2D eigenvalue weighted by molar-refractivity contribution is 0.0939. The first-order valence-electron chi connectivity index (χ1n) is 8.06. The lowest BCUT2D eigenvalue weighted by Gasteiger charge is -2.21. The van der Waals surface area contributed by atoms with Crippen molar-refractivity contribution in [3.63, 3.8) is 0 Å². The summed E-state index contributed by atoms with van der Waals surface area (Å²) in [7, 11) is 3.26. The van der Waals surface area contributed by atoms with E-state index in [1.54, 1.807) is 21.0 Å². The average Bonchev–Trinajstić information content (AvgIpc) is 2.58. The van der Waals surface area contributed by atoms with Crippen molar-refractivity contribution in [3.05, 3.63) is 29.8 Å². The van der Waals surface area contributed by atoms with Crippen molar-refractivity contribution in [1.82, 2.24) is 9.80 Å². The number of benzene rings is 1. The molecule has 0 atom stereocenters. The summed E-state index contributed by atoms with van der Waals surface area (Å²) in [6.07, 6.45) is -0.830. The summed E-state index contributed by atoms with van der Waals surface area (Å²) >= 11 is 0. The first-order chi connectivity index (χ1) is 11.5. The third kappa shape index (κ3) is 6.76. The molecule has 0 bridgehead atoms. The molecule has 0 aliphatic heterocycles. The van der Waals surface area contributed by atoms with Gasteiger partial charge in [-0.05, 0) is 31.5 Å². The summed E-state index contributed by atoms with van der Waals surface area (Å²) in [5.41, 5.74) is 1.95. The third-order valence-electron chi connectivity index (χ3n) is 3.36. The maximum absolute atomic E-state index is 12.0. The molecule has 7 heteroatoms. The van der Waals surface area contributed by atoms with Crippen LogP contribution in [0.3, 0.4) is 0 Å². The molecule has 1 rings (SSSR count). The van der Waals surface area contributed by atoms with Crippen molar-refractivity contribution >= 4 is 17.9 Å². The molecule has 0 spiro atoms. The van der Waals surface area contributed by atoms with Gasteiger partial charge in [0.2, 0.25) is 0 Å². The molecule has 2 amide bonds. The summed E-state index contributed by atoms with van der Waals surface area (Å²) in [4.78, 5) is 26.3. The Balaban J connectivity index is 2.34. The maximum atomic E-state index is 12.0. The number of rotatable bonds is 8. The maximum Gasteiger partial charge on any atom is 0.409 e. The Morgan fingerprint density at radius 1 is 0.958 bits per heavy atom. The van der Waals surface area contributed by atoms with E-state index in [0.29, 0.717) is 19.7 Å². The van der Waals surface area contributed by atoms with E-state index in [0.717, 1.165) is 17.8 Å². The van der Waals surface area contributed by atoms with Crippen LogP contribution >= 0.6 is 0 Å². The molecule has 0 saturated carbocycles. The zero-order valence-electron chi connectivity index (χ0n) is 14.9. The van der Waals surface area contributed by atoms with E-state index < -0.39 is 12.2 Å². The SMILES string of the molecule is CCNc1ccc(COC(=O)N(C)CCN(C)C(=O)OCC)cc1. The molecule has 24 heavy (non-hydrogen) atoms. The van der Waals surface area contributed by atoms with Gasteiger partial charge in [-0.25, -0.2) is 9.59 Å². The van der Waals surface area contributed by atoms with Gasteiger partial charge in [-0.1, -0.05) is 12.1 Å². The fourth-order valence-electron chi connectivity index (χ4n) is 1.89. The van der Waals surface area contributed by atoms with E-state index >= 15 is 0 Å². The predicted octanol–water partition coefficient (Wildman–Crippen LogP) is 2.78. The van der Waals surface area contributed by atoms with Gasteiger partial charge in [-0.3, -0.25) is 0 Å². The van der Waals surface area contributed by atoms with Crippen molar-refractivity contribution in [3.8, 4) is 0 Å². The molecule has 0 radical (unpaired) electrons. The second kappa shape index (κ2) is 10.4. The number of likely N-dealkylation sites (N-methyl/N-ethyl adjacent to an activating group) is 2. The number of carbonyl (C=O) groups excluding carboxylic acids is 2. The van der Waals surface area contributed by atoms with Crippen molar-refractivity contribution in [2.24, 2.45) is 0 Å². The largest absolute Gasteiger partial charge is 0.450 e. The van der Waals surface area contributed by atoms with E-state index in [9.17, 15) is 9.59 Å². The Kier molecular flexibility index (Phi) is 8.46. The molecule has 0 aromatic heterocycles. The Labute approximate surface area is 143 Å². The Morgan fingerprint density at radius 2 is 1.50 bits per heavy atom. The minimum Gasteiger partial charge on any atom is -0.450 e. The summed E-state index contributed by atoms with van der Waals surface area (Å²) in [5, 5.41) is 3.20. The number of hydrogen-bond acceptors (Lipinski definition) is 5. The Bertz CT molecular complexity index is 519. The molecule has 1 aromatic rings. The third-order valence-corrected chi connectivity index (χ3v) is 3.36. The second-order valence-electron chi connectivity index (χ2n) is 5.32. The fraction of sp³-hybridized carbons (Fsp3) is 0.529. The first-order valence-corrected chi connectivity index (χ1v) is 8.06. The fourth-order valence-corrected chi connectivity index (χ4v) is 1.89. The van der Waals surface area contributed by atoms with E-state index in [2.05, 4.69) is 5.32 Å². The first kappa shape index (κ1) is 19.6. The summed E-state index contributed by atoms with van der Waals surface area (Å²) < 4.78 is 10.1. The van der Waals surface area contributed by atoms with Gasteiger partial charge in [-0.15, -0.1) is 0 Å². The minimum absolute atomic E-state index is 0.212. The lowest BCUT2D eigenvalue weighted by atomic mass is 10.2. The average molecular weight is 337 g/mol. The summed E-state index contributed by atoms with van der Waals surface area (Å²) in [6, 6.07) is 7.73. The minimum atomic E-state index is -0.428. The lowest BCUT2D eigenvalue weighted by Crippen LogP contribution is -2.37. The van der Waals surface area contributed by atoms with Gasteiger partial charge in [0.05, 0.1) is 6.61 Å². The zero-order valence-corrected chi connectivity index (χ0v) is 14.9. The number of ether oxygens (including phenoxy) is 2. The highest BCUT2D eigenvalue weighted by molar-refractivity contribution is 5.68. The number of nitrogens with zero attached hydrogens (tertiary/aromatic N) is 2. The van der Waals surface area contributed by atoms with Crippen LogP contribution in [0.25, 0.3) is 0 Å². The van der Waals surface area contributed by atoms with Crippen LogP contribution in [-0.2, 0) is 16.1 Å². The van der Waals surface area contributed by atoms with Crippen LogP contribution in [0.15, 0.2) is 24.3 Å². The summed E-state index contributed by atoms with van der Waals surface area (Å²) in [6.45, 7) is 5.93. The van der Waals surface area contributed by atoms with Crippen LogP contribution in [0.1, 0.15) is 19.4 Å². The van der Waals surface area contributed by atoms with Gasteiger partial charge in [-0.2, -0.15) is 0 Å². The van der Waals surface area contributed by atoms with Crippen LogP contribution in [0, 0.1) is 0 Å². The molecule has 0 fully saturated rings. The quantitative estimate of drug-likeness (QED) is 0.790. The predicted molar refractivity (Wildman–Crippen MR) is 93.1 cm³/mol. The number of amides is 2. The highest BCUT2D eigenvalue weighted by Gasteiger charge is 2.14. The van der Waals surface area contributed by atoms with E-state index in [-0.39, 0.29) is 6.61 Å². The smallest absolute Gasteiger partial charge is 0.409 e. The molecule has 0 heterocycles. The van der Waals surface area contributed by atoms with Crippen LogP contribution in [0.4, 0.5) is 15.3 Å². The van der Waals surface area contributed by atoms with Crippen molar-refractivity contribution < 1.29 is 19.1 Å². The number of anilines is 1. The van der Waals surface area contributed by atoms with Crippen molar-refractivity contribution in [1.29, 1.82) is 0 Å². The molecule has 7 nitrogen and oxygen atoms in total. The molecular formula is C17H27N3O4. The highest BCUT2D eigenvalue weighted by atomic mass is 16.6. The molecule has 0 unspecified atom stereocenters. The number of carbonyl (C=O) groups is 2. The molecule has 1 aromatic carbocycles. The van der Waals surface area contributed by atoms with Crippen LogP contribution in [-0.4, -0.2) is 62.3 Å². The molecule has 1 N–H and O–H groups in total. The van der Waals surface area contributed by atoms with Gasteiger partial charge >= 0.3 is 12.2 Å². The monoisotopic (exact) mass is 337 g/mol. The van der Waals surface area contributed by atoms with Crippen molar-refractivity contribution in [2.75, 3.05) is 45.7 Å². The van der Waals surface area contributed by atoms with Crippen LogP contribution < -0.4 is 5.32 Å². The molecule has 134 valence electrons. The van der Waals surface area contributed by atoms with E-state index in [1.165, 1.54) is 9.80 Å². The van der Waals surface area contributed by atoms with Crippen LogP contribution in [0.5, 0.6) is 0 Å². The Morgan fingerprint density at radius 3 is 2.00 bits per heavy atom. The second-order valence-corrected chi connectivity index (χ2v) is 5.32. The van der Waals surface area contributed by atoms with Gasteiger partial charge in [0.15, 0.2) is 0 Å². The Hall–Kier alpha value is -2.44. The van der Waals surface area contributed by atoms with Gasteiger partial charge < -0.3 is 24.6 Å². The van der Waals surface area contributed by atoms with E-state index in [4.69, 9.17) is 9.47 Å². The normalized spacial score (nSPS) is 10.0. The van der Waals surface area contributed by atoms with Crippen LogP contribution in [0.2, 0.25) is 0 Å². The topological polar surface area (TPSA) is 71.1 Å². The summed E-state index contributed by atoms with van der Waals surface area (Å²) in [5.74, 6) is 0. The number of hydrogen-bond donors (Lipinski definition) is 1. The van der Waals surface area contributed by atoms with Crippen molar-refractivity contribution in [2.45, 2.75) is 20.5 Å². The van der Waals surface area contributed by atoms with Gasteiger partial charge in [0.25, 0.3) is 0 Å². The van der Waals surface area contributed by atoms with Gasteiger partial charge in [0, 0.05) is 39.4 Å². The standard InChI is InChI=1S/C17H27N3O4/c1-5-18-15-9-7-14(8-10-15)13-24-17(22)20(4)12-11-19(3)16(21)23-6-2/h7-10,18H,5-6,11-13H2,1-4H3.